The number of nitrogens with one attached hydrogen (secondary N) is 1. The van der Waals surface area contributed by atoms with Gasteiger partial charge in [0.1, 0.15) is 29.5 Å². The Balaban J connectivity index is 0.000000186. The number of fused-ring (bicyclic) bond motifs is 2. The lowest BCUT2D eigenvalue weighted by Gasteiger charge is -2.16. The van der Waals surface area contributed by atoms with Crippen molar-refractivity contribution >= 4 is 30.1 Å². The first kappa shape index (κ1) is 31.0. The number of aromatic amines is 1. The maximum Gasteiger partial charge on any atom is 0.142 e. The number of benzene rings is 2. The van der Waals surface area contributed by atoms with Crippen LogP contribution in [0.15, 0.2) is 97.3 Å². The number of nitrogens with zero attached hydrogens (tertiary/aromatic N) is 3. The molecule has 8 heteroatoms. The van der Waals surface area contributed by atoms with Crippen molar-refractivity contribution in [1.29, 1.82) is 0 Å². The molecule has 0 aliphatic heterocycles. The van der Waals surface area contributed by atoms with E-state index in [-0.39, 0.29) is 0 Å². The zero-order valence-electron chi connectivity index (χ0n) is 26.3. The zero-order chi connectivity index (χ0) is 30.9. The second kappa shape index (κ2) is 14.4. The second-order valence-corrected chi connectivity index (χ2v) is 17.4. The molecule has 6 aromatic rings. The molecular weight excluding hydrogens is 565 g/mol. The molecule has 7 nitrogen and oxygen atoms in total. The van der Waals surface area contributed by atoms with Crippen molar-refractivity contribution in [3.05, 3.63) is 97.3 Å². The van der Waals surface area contributed by atoms with E-state index < -0.39 is 8.07 Å². The second-order valence-electron chi connectivity index (χ2n) is 11.8. The minimum atomic E-state index is -1.09. The highest BCUT2D eigenvalue weighted by atomic mass is 28.3. The summed E-state index contributed by atoms with van der Waals surface area (Å²) in [5, 5.41) is 2.26. The van der Waals surface area contributed by atoms with Gasteiger partial charge in [0.15, 0.2) is 0 Å². The number of hydrogen-bond acceptors (Lipinski definition) is 5. The molecule has 228 valence electrons. The predicted molar refractivity (Wildman–Crippen MR) is 183 cm³/mol. The van der Waals surface area contributed by atoms with E-state index in [2.05, 4.69) is 87.7 Å². The van der Waals surface area contributed by atoms with E-state index in [1.54, 1.807) is 6.20 Å². The van der Waals surface area contributed by atoms with Crippen molar-refractivity contribution in [2.45, 2.75) is 46.3 Å². The van der Waals surface area contributed by atoms with Crippen LogP contribution in [-0.4, -0.2) is 47.4 Å². The van der Waals surface area contributed by atoms with Gasteiger partial charge in [0, 0.05) is 43.5 Å². The van der Waals surface area contributed by atoms with Gasteiger partial charge in [-0.05, 0) is 116 Å². The molecule has 0 aliphatic carbocycles. The van der Waals surface area contributed by atoms with Gasteiger partial charge in [0.2, 0.25) is 0 Å². The molecule has 0 atom stereocenters. The summed E-state index contributed by atoms with van der Waals surface area (Å²) >= 11 is 0. The van der Waals surface area contributed by atoms with Crippen LogP contribution >= 0.6 is 0 Å². The molecule has 0 fully saturated rings. The lowest BCUT2D eigenvalue weighted by Crippen LogP contribution is -2.22. The summed E-state index contributed by atoms with van der Waals surface area (Å²) in [6.07, 6.45) is 3.63. The van der Waals surface area contributed by atoms with Crippen molar-refractivity contribution in [3.8, 4) is 34.0 Å². The molecule has 6 rings (SSSR count). The van der Waals surface area contributed by atoms with E-state index in [0.29, 0.717) is 19.9 Å². The number of aromatic nitrogens is 4. The van der Waals surface area contributed by atoms with Crippen molar-refractivity contribution in [2.75, 3.05) is 19.8 Å². The van der Waals surface area contributed by atoms with E-state index in [4.69, 9.17) is 14.2 Å². The Kier molecular flexibility index (Phi) is 10.1. The Morgan fingerprint density at radius 1 is 0.727 bits per heavy atom. The van der Waals surface area contributed by atoms with Crippen LogP contribution in [0.25, 0.3) is 44.6 Å². The molecule has 1 N–H and O–H groups in total. The molecule has 0 unspecified atom stereocenters. The van der Waals surface area contributed by atoms with E-state index in [0.717, 1.165) is 68.7 Å². The standard InChI is InChI=1S/C21H28N2O2Si.C15H14N2O/c1-5-25-19-10-8-17(9-11-19)20-15-18-7-6-12-22-21(18)23(20)16-24-13-14-26(2,3)4;1-2-18-13-7-5-11(6-8-13)14-10-12-4-3-9-16-15(12)17-14/h6-12,15H,5,13-14,16H2,1-4H3;3-10H,2H2,1H3,(H,16,17). The molecule has 0 saturated heterocycles. The van der Waals surface area contributed by atoms with Crippen LogP contribution in [-0.2, 0) is 11.5 Å². The normalized spacial score (nSPS) is 11.4. The summed E-state index contributed by atoms with van der Waals surface area (Å²) in [4.78, 5) is 12.2. The van der Waals surface area contributed by atoms with Crippen LogP contribution in [0, 0.1) is 0 Å². The van der Waals surface area contributed by atoms with Crippen LogP contribution in [0.3, 0.4) is 0 Å². The summed E-state index contributed by atoms with van der Waals surface area (Å²) in [6, 6.07) is 29.8. The third-order valence-electron chi connectivity index (χ3n) is 7.20. The minimum Gasteiger partial charge on any atom is -0.494 e. The Morgan fingerprint density at radius 2 is 1.34 bits per heavy atom. The first-order valence-electron chi connectivity index (χ1n) is 15.3. The smallest absolute Gasteiger partial charge is 0.142 e. The van der Waals surface area contributed by atoms with Crippen LogP contribution in [0.5, 0.6) is 11.5 Å². The van der Waals surface area contributed by atoms with Gasteiger partial charge in [-0.2, -0.15) is 0 Å². The molecule has 0 aliphatic rings. The molecule has 0 saturated carbocycles. The Labute approximate surface area is 260 Å². The van der Waals surface area contributed by atoms with Crippen LogP contribution in [0.4, 0.5) is 0 Å². The average molecular weight is 607 g/mol. The monoisotopic (exact) mass is 606 g/mol. The van der Waals surface area contributed by atoms with Crippen molar-refractivity contribution in [1.82, 2.24) is 19.5 Å². The van der Waals surface area contributed by atoms with Gasteiger partial charge in [-0.1, -0.05) is 19.6 Å². The van der Waals surface area contributed by atoms with Gasteiger partial charge in [-0.25, -0.2) is 9.97 Å². The first-order valence-corrected chi connectivity index (χ1v) is 19.0. The number of rotatable bonds is 11. The van der Waals surface area contributed by atoms with Gasteiger partial charge >= 0.3 is 0 Å². The van der Waals surface area contributed by atoms with Crippen LogP contribution in [0.1, 0.15) is 13.8 Å². The third kappa shape index (κ3) is 7.95. The average Bonchev–Trinajstić information content (AvgIpc) is 3.62. The van der Waals surface area contributed by atoms with Crippen LogP contribution in [0.2, 0.25) is 25.7 Å². The van der Waals surface area contributed by atoms with Crippen molar-refractivity contribution < 1.29 is 14.2 Å². The molecule has 4 heterocycles. The van der Waals surface area contributed by atoms with E-state index in [1.807, 2.05) is 56.4 Å². The molecule has 44 heavy (non-hydrogen) atoms. The summed E-state index contributed by atoms with van der Waals surface area (Å²) < 4.78 is 19.2. The van der Waals surface area contributed by atoms with Gasteiger partial charge in [-0.15, -0.1) is 0 Å². The van der Waals surface area contributed by atoms with Gasteiger partial charge in [0.25, 0.3) is 0 Å². The lowest BCUT2D eigenvalue weighted by atomic mass is 10.1. The highest BCUT2D eigenvalue weighted by molar-refractivity contribution is 6.76. The Bertz CT molecular complexity index is 1740. The van der Waals surface area contributed by atoms with Crippen molar-refractivity contribution in [3.63, 3.8) is 0 Å². The summed E-state index contributed by atoms with van der Waals surface area (Å²) in [6.45, 7) is 13.8. The number of pyridine rings is 2. The summed E-state index contributed by atoms with van der Waals surface area (Å²) in [5.41, 5.74) is 6.35. The Hall–Kier alpha value is -4.40. The van der Waals surface area contributed by atoms with E-state index in [1.165, 1.54) is 0 Å². The molecule has 0 radical (unpaired) electrons. The molecule has 0 bridgehead atoms. The first-order chi connectivity index (χ1) is 21.3. The fraction of sp³-hybridized carbons (Fsp3) is 0.278. The van der Waals surface area contributed by atoms with Gasteiger partial charge in [0.05, 0.1) is 18.9 Å². The van der Waals surface area contributed by atoms with Crippen LogP contribution < -0.4 is 9.47 Å². The topological polar surface area (TPSA) is 74.2 Å². The number of hydrogen-bond donors (Lipinski definition) is 1. The summed E-state index contributed by atoms with van der Waals surface area (Å²) in [7, 11) is -1.09. The quantitative estimate of drug-likeness (QED) is 0.118. The lowest BCUT2D eigenvalue weighted by molar-refractivity contribution is 0.0909. The SMILES string of the molecule is CCOc1ccc(-c2cc3cccnc3[nH]2)cc1.CCOc1ccc(-c2cc3cccnc3n2COCC[Si](C)(C)C)cc1. The van der Waals surface area contributed by atoms with Crippen molar-refractivity contribution in [2.24, 2.45) is 0 Å². The maximum absolute atomic E-state index is 6.02. The van der Waals surface area contributed by atoms with Gasteiger partial charge < -0.3 is 23.8 Å². The highest BCUT2D eigenvalue weighted by Crippen LogP contribution is 2.29. The fourth-order valence-electron chi connectivity index (χ4n) is 4.89. The van der Waals surface area contributed by atoms with E-state index in [9.17, 15) is 0 Å². The molecular formula is C36H42N4O3Si. The molecule has 2 aromatic carbocycles. The Morgan fingerprint density at radius 3 is 1.95 bits per heavy atom. The zero-order valence-corrected chi connectivity index (χ0v) is 27.3. The minimum absolute atomic E-state index is 0.521. The number of ether oxygens (including phenoxy) is 3. The highest BCUT2D eigenvalue weighted by Gasteiger charge is 2.14. The molecule has 0 spiro atoms. The van der Waals surface area contributed by atoms with E-state index >= 15 is 0 Å². The fourth-order valence-corrected chi connectivity index (χ4v) is 5.65. The predicted octanol–water partition coefficient (Wildman–Crippen LogP) is 9.04. The molecule has 0 amide bonds. The third-order valence-corrected chi connectivity index (χ3v) is 8.91. The maximum atomic E-state index is 6.02. The summed E-state index contributed by atoms with van der Waals surface area (Å²) in [5.74, 6) is 1.79. The van der Waals surface area contributed by atoms with Gasteiger partial charge in [-0.3, -0.25) is 0 Å². The number of H-pyrrole nitrogens is 1. The largest absolute Gasteiger partial charge is 0.494 e. The molecule has 4 aromatic heterocycles.